The highest BCUT2D eigenvalue weighted by molar-refractivity contribution is 7.12. The summed E-state index contributed by atoms with van der Waals surface area (Å²) in [5, 5.41) is 11.9. The molecule has 0 amide bonds. The molecule has 0 radical (unpaired) electrons. The Morgan fingerprint density at radius 2 is 1.95 bits per heavy atom. The molecule has 2 nitrogen and oxygen atoms in total. The molecule has 0 aliphatic carbocycles. The number of thiophene rings is 1. The average Bonchev–Trinajstić information content (AvgIpc) is 2.74. The van der Waals surface area contributed by atoms with Crippen molar-refractivity contribution >= 4 is 17.0 Å². The van der Waals surface area contributed by atoms with Crippen molar-refractivity contribution in [1.82, 2.24) is 0 Å². The highest BCUT2D eigenvalue weighted by Crippen LogP contribution is 2.33. The molecule has 0 spiro atoms. The van der Waals surface area contributed by atoms with E-state index in [9.17, 15) is 13.2 Å². The van der Waals surface area contributed by atoms with Crippen molar-refractivity contribution in [3.8, 4) is 6.07 Å². The van der Waals surface area contributed by atoms with Gasteiger partial charge in [-0.15, -0.1) is 11.3 Å². The normalized spacial score (nSPS) is 11.2. The van der Waals surface area contributed by atoms with E-state index in [2.05, 4.69) is 5.32 Å². The van der Waals surface area contributed by atoms with Crippen LogP contribution in [0.4, 0.5) is 18.9 Å². The van der Waals surface area contributed by atoms with Crippen LogP contribution in [-0.4, -0.2) is 0 Å². The zero-order valence-corrected chi connectivity index (χ0v) is 12.3. The molecule has 0 saturated carbocycles. The molecular weight excluding hydrogens is 297 g/mol. The smallest absolute Gasteiger partial charge is 0.380 e. The fourth-order valence-corrected chi connectivity index (χ4v) is 2.91. The first-order chi connectivity index (χ1) is 9.81. The van der Waals surface area contributed by atoms with Gasteiger partial charge in [-0.2, -0.15) is 18.4 Å². The molecule has 21 heavy (non-hydrogen) atoms. The number of anilines is 1. The van der Waals surface area contributed by atoms with Crippen LogP contribution in [0.2, 0.25) is 0 Å². The summed E-state index contributed by atoms with van der Waals surface area (Å²) < 4.78 is 38.1. The second kappa shape index (κ2) is 5.78. The summed E-state index contributed by atoms with van der Waals surface area (Å²) in [6.07, 6.45) is -4.51. The number of alkyl halides is 3. The fourth-order valence-electron chi connectivity index (χ4n) is 1.92. The summed E-state index contributed by atoms with van der Waals surface area (Å²) in [7, 11) is 0. The van der Waals surface area contributed by atoms with Crippen LogP contribution in [-0.2, 0) is 12.7 Å². The average molecular weight is 310 g/mol. The first-order valence-electron chi connectivity index (χ1n) is 6.22. The van der Waals surface area contributed by atoms with Gasteiger partial charge in [0.05, 0.1) is 17.2 Å². The lowest BCUT2D eigenvalue weighted by atomic mass is 10.1. The van der Waals surface area contributed by atoms with E-state index in [1.54, 1.807) is 17.4 Å². The van der Waals surface area contributed by atoms with E-state index >= 15 is 0 Å². The third-order valence-electron chi connectivity index (χ3n) is 3.13. The lowest BCUT2D eigenvalue weighted by Gasteiger charge is -2.11. The highest BCUT2D eigenvalue weighted by Gasteiger charge is 2.33. The molecule has 2 rings (SSSR count). The van der Waals surface area contributed by atoms with Crippen molar-refractivity contribution in [3.05, 3.63) is 50.7 Å². The topological polar surface area (TPSA) is 35.8 Å². The lowest BCUT2D eigenvalue weighted by Crippen LogP contribution is -2.08. The summed E-state index contributed by atoms with van der Waals surface area (Å²) in [6.45, 7) is 4.56. The summed E-state index contributed by atoms with van der Waals surface area (Å²) in [5.41, 5.74) is 0.426. The second-order valence-corrected chi connectivity index (χ2v) is 6.02. The molecule has 6 heteroatoms. The standard InChI is InChI=1S/C15H13F3N2S/c1-9-5-13(21-10(9)2)8-20-12-3-4-14(15(16,17)18)11(6-12)7-19/h3-6,20H,8H2,1-2H3. The Morgan fingerprint density at radius 1 is 1.24 bits per heavy atom. The van der Waals surface area contributed by atoms with Gasteiger partial charge in [0.15, 0.2) is 0 Å². The Bertz CT molecular complexity index is 676. The molecule has 1 N–H and O–H groups in total. The van der Waals surface area contributed by atoms with E-state index in [4.69, 9.17) is 5.26 Å². The van der Waals surface area contributed by atoms with Gasteiger partial charge in [-0.25, -0.2) is 0 Å². The van der Waals surface area contributed by atoms with Crippen LogP contribution in [0, 0.1) is 25.2 Å². The van der Waals surface area contributed by atoms with Crippen LogP contribution in [0.25, 0.3) is 0 Å². The van der Waals surface area contributed by atoms with E-state index in [0.717, 1.165) is 10.9 Å². The van der Waals surface area contributed by atoms with Crippen molar-refractivity contribution < 1.29 is 13.2 Å². The third-order valence-corrected chi connectivity index (χ3v) is 4.28. The number of benzene rings is 1. The quantitative estimate of drug-likeness (QED) is 0.878. The number of nitriles is 1. The van der Waals surface area contributed by atoms with Crippen molar-refractivity contribution in [2.45, 2.75) is 26.6 Å². The van der Waals surface area contributed by atoms with E-state index in [0.29, 0.717) is 12.2 Å². The Balaban J connectivity index is 2.17. The van der Waals surface area contributed by atoms with Gasteiger partial charge in [-0.3, -0.25) is 0 Å². The molecule has 0 atom stereocenters. The molecule has 1 aromatic carbocycles. The minimum atomic E-state index is -4.51. The van der Waals surface area contributed by atoms with Crippen LogP contribution < -0.4 is 5.32 Å². The predicted molar refractivity (Wildman–Crippen MR) is 77.3 cm³/mol. The molecule has 0 saturated heterocycles. The molecule has 110 valence electrons. The van der Waals surface area contributed by atoms with E-state index < -0.39 is 11.7 Å². The molecule has 1 heterocycles. The molecule has 0 unspecified atom stereocenters. The zero-order chi connectivity index (χ0) is 15.6. The number of hydrogen-bond acceptors (Lipinski definition) is 3. The number of hydrogen-bond donors (Lipinski definition) is 1. The maximum Gasteiger partial charge on any atom is 0.417 e. The number of rotatable bonds is 3. The van der Waals surface area contributed by atoms with Gasteiger partial charge in [0.25, 0.3) is 0 Å². The van der Waals surface area contributed by atoms with Crippen molar-refractivity contribution in [2.75, 3.05) is 5.32 Å². The van der Waals surface area contributed by atoms with Gasteiger partial charge in [0, 0.05) is 22.0 Å². The van der Waals surface area contributed by atoms with Gasteiger partial charge >= 0.3 is 6.18 Å². The van der Waals surface area contributed by atoms with Crippen LogP contribution >= 0.6 is 11.3 Å². The van der Waals surface area contributed by atoms with Gasteiger partial charge in [-0.1, -0.05) is 0 Å². The molecule has 2 aromatic rings. The van der Waals surface area contributed by atoms with Crippen LogP contribution in [0.1, 0.15) is 26.4 Å². The van der Waals surface area contributed by atoms with Crippen molar-refractivity contribution in [3.63, 3.8) is 0 Å². The zero-order valence-electron chi connectivity index (χ0n) is 11.5. The van der Waals surface area contributed by atoms with Gasteiger partial charge in [0.1, 0.15) is 0 Å². The first kappa shape index (κ1) is 15.4. The summed E-state index contributed by atoms with van der Waals surface area (Å²) in [4.78, 5) is 2.32. The number of nitrogens with zero attached hydrogens (tertiary/aromatic N) is 1. The Hall–Kier alpha value is -2.00. The van der Waals surface area contributed by atoms with Crippen molar-refractivity contribution in [1.29, 1.82) is 5.26 Å². The van der Waals surface area contributed by atoms with E-state index in [-0.39, 0.29) is 5.56 Å². The van der Waals surface area contributed by atoms with Crippen LogP contribution in [0.3, 0.4) is 0 Å². The predicted octanol–water partition coefficient (Wildman–Crippen LogP) is 4.87. The summed E-state index contributed by atoms with van der Waals surface area (Å²) in [6, 6.07) is 7.15. The Kier molecular flexibility index (Phi) is 4.24. The molecule has 0 bridgehead atoms. The molecule has 0 fully saturated rings. The minimum Gasteiger partial charge on any atom is -0.380 e. The SMILES string of the molecule is Cc1cc(CNc2ccc(C(F)(F)F)c(C#N)c2)sc1C. The lowest BCUT2D eigenvalue weighted by molar-refractivity contribution is -0.137. The summed E-state index contributed by atoms with van der Waals surface area (Å²) >= 11 is 1.64. The molecular formula is C15H13F3N2S. The first-order valence-corrected chi connectivity index (χ1v) is 7.04. The van der Waals surface area contributed by atoms with E-state index in [1.807, 2.05) is 19.9 Å². The van der Waals surface area contributed by atoms with Crippen molar-refractivity contribution in [2.24, 2.45) is 0 Å². The Labute approximate surface area is 124 Å². The van der Waals surface area contributed by atoms with Gasteiger partial charge < -0.3 is 5.32 Å². The maximum absolute atomic E-state index is 12.7. The largest absolute Gasteiger partial charge is 0.417 e. The number of halogens is 3. The summed E-state index contributed by atoms with van der Waals surface area (Å²) in [5.74, 6) is 0. The Morgan fingerprint density at radius 3 is 2.48 bits per heavy atom. The fraction of sp³-hybridized carbons (Fsp3) is 0.267. The molecule has 0 aliphatic heterocycles. The highest BCUT2D eigenvalue weighted by atomic mass is 32.1. The van der Waals surface area contributed by atoms with E-state index in [1.165, 1.54) is 22.6 Å². The van der Waals surface area contributed by atoms with Gasteiger partial charge in [-0.05, 0) is 43.7 Å². The third kappa shape index (κ3) is 3.56. The maximum atomic E-state index is 12.7. The van der Waals surface area contributed by atoms with Crippen LogP contribution in [0.15, 0.2) is 24.3 Å². The van der Waals surface area contributed by atoms with Crippen LogP contribution in [0.5, 0.6) is 0 Å². The monoisotopic (exact) mass is 310 g/mol. The molecule has 1 aromatic heterocycles. The van der Waals surface area contributed by atoms with Gasteiger partial charge in [0.2, 0.25) is 0 Å². The number of nitrogens with one attached hydrogen (secondary N) is 1. The second-order valence-electron chi connectivity index (χ2n) is 4.68. The molecule has 0 aliphatic rings. The number of aryl methyl sites for hydroxylation is 2. The minimum absolute atomic E-state index is 0.369.